The molecule has 0 aromatic rings. The summed E-state index contributed by atoms with van der Waals surface area (Å²) in [7, 11) is 0. The van der Waals surface area contributed by atoms with Gasteiger partial charge in [0.1, 0.15) is 5.60 Å². The fraction of sp³-hybridized carbons (Fsp3) is 0.727. The molecule has 0 unspecified atom stereocenters. The summed E-state index contributed by atoms with van der Waals surface area (Å²) in [6, 6.07) is 0.0384. The first-order valence-electron chi connectivity index (χ1n) is 5.29. The Kier molecular flexibility index (Phi) is 3.67. The van der Waals surface area contributed by atoms with Gasteiger partial charge < -0.3 is 9.64 Å². The van der Waals surface area contributed by atoms with Gasteiger partial charge in [0.2, 0.25) is 0 Å². The number of Topliss-reactive ketones (excluding diaryl/α,β-unsaturated/α-hetero) is 1. The Balaban J connectivity index is 2.31. The molecule has 1 aliphatic rings. The third-order valence-corrected chi connectivity index (χ3v) is 1.98. The maximum Gasteiger partial charge on any atom is 0.410 e. The Bertz CT molecular complexity index is 312. The Morgan fingerprint density at radius 3 is 2.38 bits per heavy atom. The van der Waals surface area contributed by atoms with Crippen LogP contribution in [0.25, 0.3) is 0 Å². The molecule has 0 aromatic carbocycles. The highest BCUT2D eigenvalue weighted by atomic mass is 16.6. The van der Waals surface area contributed by atoms with E-state index in [1.807, 2.05) is 20.8 Å². The van der Waals surface area contributed by atoms with Crippen LogP contribution < -0.4 is 0 Å². The molecular weight excluding hydrogens is 208 g/mol. The number of hydrogen-bond donors (Lipinski definition) is 0. The van der Waals surface area contributed by atoms with E-state index in [4.69, 9.17) is 4.74 Å². The normalized spacial score (nSPS) is 17.4. The van der Waals surface area contributed by atoms with E-state index in [0.29, 0.717) is 13.1 Å². The predicted octanol–water partition coefficient (Wildman–Crippen LogP) is 1.27. The predicted molar refractivity (Wildman–Crippen MR) is 60.8 cm³/mol. The van der Waals surface area contributed by atoms with Crippen LogP contribution in [0.4, 0.5) is 4.79 Å². The highest BCUT2D eigenvalue weighted by molar-refractivity contribution is 6.26. The maximum atomic E-state index is 11.5. The van der Waals surface area contributed by atoms with Crippen molar-refractivity contribution >= 4 is 18.1 Å². The number of carbonyl (C=O) groups excluding carboxylic acids is 2. The SMILES string of the molecule is CC(=O)/C=N/C1CN(C(=O)OC(C)(C)C)C1. The van der Waals surface area contributed by atoms with Crippen molar-refractivity contribution in [2.24, 2.45) is 4.99 Å². The number of ether oxygens (including phenoxy) is 1. The number of amides is 1. The van der Waals surface area contributed by atoms with Crippen molar-refractivity contribution in [3.8, 4) is 0 Å². The minimum atomic E-state index is -0.467. The summed E-state index contributed by atoms with van der Waals surface area (Å²) < 4.78 is 5.18. The zero-order valence-corrected chi connectivity index (χ0v) is 10.2. The molecule has 0 atom stereocenters. The lowest BCUT2D eigenvalue weighted by atomic mass is 10.1. The molecule has 0 aromatic heterocycles. The van der Waals surface area contributed by atoms with Crippen molar-refractivity contribution in [1.29, 1.82) is 0 Å². The molecule has 0 saturated carbocycles. The zero-order chi connectivity index (χ0) is 12.3. The van der Waals surface area contributed by atoms with Crippen LogP contribution in [0.3, 0.4) is 0 Å². The van der Waals surface area contributed by atoms with Gasteiger partial charge in [0, 0.05) is 20.0 Å². The average Bonchev–Trinajstić information content (AvgIpc) is 1.96. The Morgan fingerprint density at radius 2 is 1.94 bits per heavy atom. The molecule has 1 rings (SSSR count). The molecule has 5 nitrogen and oxygen atoms in total. The first kappa shape index (κ1) is 12.7. The van der Waals surface area contributed by atoms with Crippen molar-refractivity contribution in [2.75, 3.05) is 13.1 Å². The molecule has 1 aliphatic heterocycles. The van der Waals surface area contributed by atoms with E-state index in [1.54, 1.807) is 4.90 Å². The lowest BCUT2D eigenvalue weighted by Crippen LogP contribution is -2.54. The fourth-order valence-electron chi connectivity index (χ4n) is 1.24. The summed E-state index contributed by atoms with van der Waals surface area (Å²) in [6.07, 6.45) is 0.985. The molecule has 90 valence electrons. The highest BCUT2D eigenvalue weighted by Crippen LogP contribution is 2.16. The van der Waals surface area contributed by atoms with E-state index >= 15 is 0 Å². The Labute approximate surface area is 95.5 Å². The molecular formula is C11H18N2O3. The molecule has 1 fully saturated rings. The molecule has 0 bridgehead atoms. The number of rotatable bonds is 2. The van der Waals surface area contributed by atoms with Crippen LogP contribution >= 0.6 is 0 Å². The first-order chi connectivity index (χ1) is 7.28. The van der Waals surface area contributed by atoms with Gasteiger partial charge in [0.05, 0.1) is 12.3 Å². The topological polar surface area (TPSA) is 59.0 Å². The number of aliphatic imine (C=N–C) groups is 1. The molecule has 0 aliphatic carbocycles. The van der Waals surface area contributed by atoms with E-state index in [2.05, 4.69) is 4.99 Å². The number of ketones is 1. The molecule has 1 amide bonds. The van der Waals surface area contributed by atoms with Crippen LogP contribution in [0, 0.1) is 0 Å². The monoisotopic (exact) mass is 226 g/mol. The minimum Gasteiger partial charge on any atom is -0.444 e. The van der Waals surface area contributed by atoms with E-state index in [-0.39, 0.29) is 17.9 Å². The summed E-state index contributed by atoms with van der Waals surface area (Å²) in [6.45, 7) is 7.99. The summed E-state index contributed by atoms with van der Waals surface area (Å²) in [5.74, 6) is -0.0734. The van der Waals surface area contributed by atoms with Gasteiger partial charge in [-0.15, -0.1) is 0 Å². The van der Waals surface area contributed by atoms with Gasteiger partial charge in [0.25, 0.3) is 0 Å². The van der Waals surface area contributed by atoms with Crippen molar-refractivity contribution in [3.05, 3.63) is 0 Å². The third kappa shape index (κ3) is 4.00. The summed E-state index contributed by atoms with van der Waals surface area (Å²) in [4.78, 5) is 27.8. The van der Waals surface area contributed by atoms with Crippen LogP contribution in [0.15, 0.2) is 4.99 Å². The molecule has 0 spiro atoms. The van der Waals surface area contributed by atoms with Crippen LogP contribution in [0.1, 0.15) is 27.7 Å². The van der Waals surface area contributed by atoms with Crippen LogP contribution in [0.2, 0.25) is 0 Å². The highest BCUT2D eigenvalue weighted by Gasteiger charge is 2.33. The van der Waals surface area contributed by atoms with Crippen molar-refractivity contribution in [3.63, 3.8) is 0 Å². The molecule has 5 heteroatoms. The summed E-state index contributed by atoms with van der Waals surface area (Å²) in [5, 5.41) is 0. The van der Waals surface area contributed by atoms with Crippen LogP contribution in [0.5, 0.6) is 0 Å². The second-order valence-electron chi connectivity index (χ2n) is 4.93. The quantitative estimate of drug-likeness (QED) is 0.666. The van der Waals surface area contributed by atoms with E-state index in [9.17, 15) is 9.59 Å². The first-order valence-corrected chi connectivity index (χ1v) is 5.29. The van der Waals surface area contributed by atoms with Crippen LogP contribution in [-0.2, 0) is 9.53 Å². The standard InChI is InChI=1S/C11H18N2O3/c1-8(14)5-12-9-6-13(7-9)10(15)16-11(2,3)4/h5,9H,6-7H2,1-4H3/b12-5+. The van der Waals surface area contributed by atoms with Gasteiger partial charge in [-0.2, -0.15) is 0 Å². The van der Waals surface area contributed by atoms with E-state index < -0.39 is 5.60 Å². The van der Waals surface area contributed by atoms with Gasteiger partial charge in [-0.3, -0.25) is 9.79 Å². The number of nitrogens with zero attached hydrogens (tertiary/aromatic N) is 2. The lowest BCUT2D eigenvalue weighted by Gasteiger charge is -2.37. The third-order valence-electron chi connectivity index (χ3n) is 1.98. The smallest absolute Gasteiger partial charge is 0.410 e. The largest absolute Gasteiger partial charge is 0.444 e. The lowest BCUT2D eigenvalue weighted by molar-refractivity contribution is -0.110. The summed E-state index contributed by atoms with van der Waals surface area (Å²) in [5.41, 5.74) is -0.467. The van der Waals surface area contributed by atoms with Crippen molar-refractivity contribution in [2.45, 2.75) is 39.3 Å². The second kappa shape index (κ2) is 4.63. The zero-order valence-electron chi connectivity index (χ0n) is 10.2. The molecule has 16 heavy (non-hydrogen) atoms. The maximum absolute atomic E-state index is 11.5. The summed E-state index contributed by atoms with van der Waals surface area (Å²) >= 11 is 0. The van der Waals surface area contributed by atoms with E-state index in [0.717, 1.165) is 0 Å². The molecule has 1 saturated heterocycles. The number of carbonyl (C=O) groups is 2. The van der Waals surface area contributed by atoms with Gasteiger partial charge in [0.15, 0.2) is 5.78 Å². The number of hydrogen-bond acceptors (Lipinski definition) is 4. The van der Waals surface area contributed by atoms with Crippen LogP contribution in [-0.4, -0.2) is 47.7 Å². The van der Waals surface area contributed by atoms with Gasteiger partial charge in [-0.05, 0) is 20.8 Å². The second-order valence-corrected chi connectivity index (χ2v) is 4.93. The molecule has 0 radical (unpaired) electrons. The Hall–Kier alpha value is -1.39. The van der Waals surface area contributed by atoms with Gasteiger partial charge >= 0.3 is 6.09 Å². The average molecular weight is 226 g/mol. The van der Waals surface area contributed by atoms with Crippen molar-refractivity contribution in [1.82, 2.24) is 4.90 Å². The molecule has 1 heterocycles. The van der Waals surface area contributed by atoms with E-state index in [1.165, 1.54) is 13.1 Å². The fourth-order valence-corrected chi connectivity index (χ4v) is 1.24. The molecule has 0 N–H and O–H groups in total. The number of likely N-dealkylation sites (tertiary alicyclic amines) is 1. The Morgan fingerprint density at radius 1 is 1.38 bits per heavy atom. The van der Waals surface area contributed by atoms with Gasteiger partial charge in [-0.25, -0.2) is 4.79 Å². The van der Waals surface area contributed by atoms with Crippen molar-refractivity contribution < 1.29 is 14.3 Å². The van der Waals surface area contributed by atoms with Gasteiger partial charge in [-0.1, -0.05) is 0 Å². The minimum absolute atomic E-state index is 0.0384.